The number of hydrogen-bond donors (Lipinski definition) is 1. The first-order chi connectivity index (χ1) is 9.24. The molecule has 100 valence electrons. The minimum atomic E-state index is -0.267. The zero-order chi connectivity index (χ0) is 13.7. The minimum Gasteiger partial charge on any atom is -0.489 e. The van der Waals surface area contributed by atoms with Crippen LogP contribution in [0.15, 0.2) is 42.5 Å². The summed E-state index contributed by atoms with van der Waals surface area (Å²) in [6.07, 6.45) is 0.894. The fraction of sp³-hybridized carbons (Fsp3) is 0.250. The van der Waals surface area contributed by atoms with E-state index >= 15 is 0 Å². The maximum atomic E-state index is 13.8. The van der Waals surface area contributed by atoms with E-state index in [2.05, 4.69) is 6.92 Å². The summed E-state index contributed by atoms with van der Waals surface area (Å²) >= 11 is 0. The molecule has 0 unspecified atom stereocenters. The van der Waals surface area contributed by atoms with Gasteiger partial charge < -0.3 is 10.5 Å². The summed E-state index contributed by atoms with van der Waals surface area (Å²) in [5.41, 5.74) is 7.93. The maximum absolute atomic E-state index is 13.8. The Labute approximate surface area is 113 Å². The molecule has 0 radical (unpaired) electrons. The lowest BCUT2D eigenvalue weighted by molar-refractivity contribution is 0.297. The van der Waals surface area contributed by atoms with Crippen molar-refractivity contribution in [2.75, 3.05) is 0 Å². The molecule has 2 rings (SSSR count). The molecule has 0 spiro atoms. The Balaban J connectivity index is 2.10. The van der Waals surface area contributed by atoms with Gasteiger partial charge in [-0.15, -0.1) is 0 Å². The molecular weight excluding hydrogens is 241 g/mol. The number of para-hydroxylation sites is 1. The quantitative estimate of drug-likeness (QED) is 0.893. The van der Waals surface area contributed by atoms with E-state index < -0.39 is 0 Å². The third kappa shape index (κ3) is 3.32. The van der Waals surface area contributed by atoms with Crippen LogP contribution in [0.4, 0.5) is 4.39 Å². The van der Waals surface area contributed by atoms with E-state index in [0.717, 1.165) is 23.3 Å². The van der Waals surface area contributed by atoms with Gasteiger partial charge in [-0.05, 0) is 29.7 Å². The van der Waals surface area contributed by atoms with Gasteiger partial charge in [0.05, 0.1) is 0 Å². The molecule has 0 amide bonds. The van der Waals surface area contributed by atoms with Crippen LogP contribution >= 0.6 is 0 Å². The molecule has 0 aliphatic heterocycles. The lowest BCUT2D eigenvalue weighted by Gasteiger charge is -2.11. The second-order valence-corrected chi connectivity index (χ2v) is 4.38. The number of nitrogens with two attached hydrogens (primary N) is 1. The van der Waals surface area contributed by atoms with Crippen molar-refractivity contribution in [3.05, 3.63) is 65.0 Å². The van der Waals surface area contributed by atoms with E-state index in [9.17, 15) is 4.39 Å². The van der Waals surface area contributed by atoms with Crippen molar-refractivity contribution in [1.82, 2.24) is 0 Å². The van der Waals surface area contributed by atoms with Gasteiger partial charge in [-0.2, -0.15) is 0 Å². The topological polar surface area (TPSA) is 35.2 Å². The molecular formula is C16H18FNO. The summed E-state index contributed by atoms with van der Waals surface area (Å²) in [6, 6.07) is 12.8. The van der Waals surface area contributed by atoms with Crippen molar-refractivity contribution in [3.63, 3.8) is 0 Å². The highest BCUT2D eigenvalue weighted by molar-refractivity contribution is 5.33. The lowest BCUT2D eigenvalue weighted by Crippen LogP contribution is -2.03. The van der Waals surface area contributed by atoms with Crippen LogP contribution in [0.3, 0.4) is 0 Å². The van der Waals surface area contributed by atoms with Crippen molar-refractivity contribution < 1.29 is 9.13 Å². The van der Waals surface area contributed by atoms with Crippen LogP contribution in [0.2, 0.25) is 0 Å². The van der Waals surface area contributed by atoms with Gasteiger partial charge in [0.2, 0.25) is 0 Å². The zero-order valence-corrected chi connectivity index (χ0v) is 11.0. The van der Waals surface area contributed by atoms with Gasteiger partial charge in [-0.1, -0.05) is 37.3 Å². The summed E-state index contributed by atoms with van der Waals surface area (Å²) in [4.78, 5) is 0. The maximum Gasteiger partial charge on any atom is 0.130 e. The average molecular weight is 259 g/mol. The van der Waals surface area contributed by atoms with Crippen LogP contribution in [-0.4, -0.2) is 0 Å². The highest BCUT2D eigenvalue weighted by Gasteiger charge is 2.06. The smallest absolute Gasteiger partial charge is 0.130 e. The first-order valence-corrected chi connectivity index (χ1v) is 6.42. The van der Waals surface area contributed by atoms with E-state index in [0.29, 0.717) is 12.1 Å². The number of rotatable bonds is 5. The molecule has 0 heterocycles. The second-order valence-electron chi connectivity index (χ2n) is 4.38. The van der Waals surface area contributed by atoms with Gasteiger partial charge in [0.15, 0.2) is 0 Å². The zero-order valence-electron chi connectivity index (χ0n) is 11.0. The minimum absolute atomic E-state index is 0.230. The highest BCUT2D eigenvalue weighted by atomic mass is 19.1. The van der Waals surface area contributed by atoms with Gasteiger partial charge in [-0.3, -0.25) is 0 Å². The molecule has 2 nitrogen and oxygen atoms in total. The van der Waals surface area contributed by atoms with Gasteiger partial charge >= 0.3 is 0 Å². The molecule has 2 aromatic carbocycles. The molecule has 0 aliphatic carbocycles. The predicted molar refractivity (Wildman–Crippen MR) is 74.4 cm³/mol. The van der Waals surface area contributed by atoms with Crippen molar-refractivity contribution in [2.45, 2.75) is 26.5 Å². The summed E-state index contributed by atoms with van der Waals surface area (Å²) in [6.45, 7) is 2.64. The van der Waals surface area contributed by atoms with Gasteiger partial charge in [0.1, 0.15) is 18.2 Å². The van der Waals surface area contributed by atoms with E-state index in [1.165, 1.54) is 6.07 Å². The number of ether oxygens (including phenoxy) is 1. The predicted octanol–water partition coefficient (Wildman–Crippen LogP) is 3.43. The van der Waals surface area contributed by atoms with E-state index in [1.54, 1.807) is 6.07 Å². The third-order valence-electron chi connectivity index (χ3n) is 3.09. The van der Waals surface area contributed by atoms with Crippen molar-refractivity contribution >= 4 is 0 Å². The van der Waals surface area contributed by atoms with E-state index in [4.69, 9.17) is 10.5 Å². The Hall–Kier alpha value is -1.87. The molecule has 2 N–H and O–H groups in total. The van der Waals surface area contributed by atoms with Crippen molar-refractivity contribution in [3.8, 4) is 5.75 Å². The van der Waals surface area contributed by atoms with E-state index in [-0.39, 0.29) is 12.4 Å². The van der Waals surface area contributed by atoms with Crippen LogP contribution in [0, 0.1) is 5.82 Å². The lowest BCUT2D eigenvalue weighted by atomic mass is 10.1. The third-order valence-corrected chi connectivity index (χ3v) is 3.09. The fourth-order valence-electron chi connectivity index (χ4n) is 1.93. The number of aryl methyl sites for hydroxylation is 1. The van der Waals surface area contributed by atoms with Crippen LogP contribution in [0.25, 0.3) is 0 Å². The van der Waals surface area contributed by atoms with Crippen LogP contribution < -0.4 is 10.5 Å². The second kappa shape index (κ2) is 6.34. The molecule has 3 heteroatoms. The largest absolute Gasteiger partial charge is 0.489 e. The summed E-state index contributed by atoms with van der Waals surface area (Å²) in [5.74, 6) is 0.546. The van der Waals surface area contributed by atoms with Gasteiger partial charge in [0.25, 0.3) is 0 Å². The number of halogens is 1. The summed E-state index contributed by atoms with van der Waals surface area (Å²) in [7, 11) is 0. The molecule has 0 saturated heterocycles. The van der Waals surface area contributed by atoms with Gasteiger partial charge in [0, 0.05) is 12.1 Å². The molecule has 19 heavy (non-hydrogen) atoms. The van der Waals surface area contributed by atoms with Crippen LogP contribution in [0.1, 0.15) is 23.6 Å². The molecule has 0 aromatic heterocycles. The Morgan fingerprint density at radius 2 is 1.89 bits per heavy atom. The normalized spacial score (nSPS) is 10.5. The van der Waals surface area contributed by atoms with Crippen LogP contribution in [-0.2, 0) is 19.6 Å². The SMILES string of the molecule is CCc1ccccc1OCc1ccc(CN)cc1F. The molecule has 0 aliphatic rings. The molecule has 2 aromatic rings. The van der Waals surface area contributed by atoms with Gasteiger partial charge in [-0.25, -0.2) is 4.39 Å². The number of hydrogen-bond acceptors (Lipinski definition) is 2. The molecule has 0 fully saturated rings. The highest BCUT2D eigenvalue weighted by Crippen LogP contribution is 2.20. The summed E-state index contributed by atoms with van der Waals surface area (Å²) < 4.78 is 19.5. The fourth-order valence-corrected chi connectivity index (χ4v) is 1.93. The number of benzene rings is 2. The summed E-state index contributed by atoms with van der Waals surface area (Å²) in [5, 5.41) is 0. The van der Waals surface area contributed by atoms with Crippen LogP contribution in [0.5, 0.6) is 5.75 Å². The molecule has 0 saturated carbocycles. The average Bonchev–Trinajstić information content (AvgIpc) is 2.46. The molecule has 0 bridgehead atoms. The Morgan fingerprint density at radius 3 is 2.58 bits per heavy atom. The van der Waals surface area contributed by atoms with Crippen molar-refractivity contribution in [1.29, 1.82) is 0 Å². The Morgan fingerprint density at radius 1 is 1.11 bits per heavy atom. The first-order valence-electron chi connectivity index (χ1n) is 6.42. The standard InChI is InChI=1S/C16H18FNO/c1-2-13-5-3-4-6-16(13)19-11-14-8-7-12(10-18)9-15(14)17/h3-9H,2,10-11,18H2,1H3. The molecule has 0 atom stereocenters. The first kappa shape index (κ1) is 13.6. The monoisotopic (exact) mass is 259 g/mol. The Bertz CT molecular complexity index is 554. The van der Waals surface area contributed by atoms with E-state index in [1.807, 2.05) is 30.3 Å². The van der Waals surface area contributed by atoms with Crippen molar-refractivity contribution in [2.24, 2.45) is 5.73 Å². The Kier molecular flexibility index (Phi) is 4.53.